The average molecular weight is 352 g/mol. The van der Waals surface area contributed by atoms with Gasteiger partial charge in [-0.15, -0.1) is 0 Å². The number of halogens is 1. The van der Waals surface area contributed by atoms with Crippen molar-refractivity contribution in [2.45, 2.75) is 44.8 Å². The molecule has 0 amide bonds. The maximum atomic E-state index is 3.65. The Bertz CT molecular complexity index is 487. The normalized spacial score (nSPS) is 23.6. The van der Waals surface area contributed by atoms with E-state index in [1.807, 2.05) is 0 Å². The number of nitrogens with zero attached hydrogens (tertiary/aromatic N) is 2. The lowest BCUT2D eigenvalue weighted by Crippen LogP contribution is -2.51. The highest BCUT2D eigenvalue weighted by molar-refractivity contribution is 9.10. The smallest absolute Gasteiger partial charge is 0.0424 e. The predicted octanol–water partition coefficient (Wildman–Crippen LogP) is 3.23. The van der Waals surface area contributed by atoms with Crippen LogP contribution in [-0.2, 0) is 6.54 Å². The van der Waals surface area contributed by atoms with Crippen LogP contribution in [0.25, 0.3) is 0 Å². The first kappa shape index (κ1) is 15.3. The SMILES string of the molecule is CCC1CN(c2cc(Br)ccc2CNC2CC2)CCN1C. The van der Waals surface area contributed by atoms with Gasteiger partial charge < -0.3 is 10.2 Å². The van der Waals surface area contributed by atoms with Gasteiger partial charge in [0.25, 0.3) is 0 Å². The summed E-state index contributed by atoms with van der Waals surface area (Å²) in [4.78, 5) is 5.07. The minimum Gasteiger partial charge on any atom is -0.368 e. The molecule has 1 aliphatic carbocycles. The van der Waals surface area contributed by atoms with E-state index in [1.54, 1.807) is 0 Å². The molecule has 2 fully saturated rings. The third-order valence-corrected chi connectivity index (χ3v) is 5.29. The Morgan fingerprint density at radius 1 is 1.29 bits per heavy atom. The Morgan fingerprint density at radius 2 is 2.10 bits per heavy atom. The maximum Gasteiger partial charge on any atom is 0.0424 e. The lowest BCUT2D eigenvalue weighted by atomic mass is 10.1. The van der Waals surface area contributed by atoms with Crippen LogP contribution in [0.15, 0.2) is 22.7 Å². The summed E-state index contributed by atoms with van der Waals surface area (Å²) in [6.45, 7) is 6.71. The zero-order chi connectivity index (χ0) is 14.8. The number of nitrogens with one attached hydrogen (secondary N) is 1. The van der Waals surface area contributed by atoms with E-state index in [0.717, 1.165) is 32.2 Å². The fourth-order valence-electron chi connectivity index (χ4n) is 3.13. The standard InChI is InChI=1S/C17H26BrN3/c1-3-16-12-21(9-8-20(16)2)17-10-14(18)5-4-13(17)11-19-15-6-7-15/h4-5,10,15-16,19H,3,6-9,11-12H2,1-2H3. The fraction of sp³-hybridized carbons (Fsp3) is 0.647. The van der Waals surface area contributed by atoms with E-state index in [9.17, 15) is 0 Å². The van der Waals surface area contributed by atoms with Gasteiger partial charge in [0.05, 0.1) is 0 Å². The summed E-state index contributed by atoms with van der Waals surface area (Å²) in [6.07, 6.45) is 3.91. The van der Waals surface area contributed by atoms with E-state index in [1.165, 1.54) is 35.0 Å². The molecule has 116 valence electrons. The Morgan fingerprint density at radius 3 is 2.81 bits per heavy atom. The van der Waals surface area contributed by atoms with Crippen LogP contribution >= 0.6 is 15.9 Å². The van der Waals surface area contributed by atoms with E-state index in [-0.39, 0.29) is 0 Å². The molecule has 21 heavy (non-hydrogen) atoms. The van der Waals surface area contributed by atoms with Crippen molar-refractivity contribution in [2.75, 3.05) is 31.6 Å². The Hall–Kier alpha value is -0.580. The first-order chi connectivity index (χ1) is 10.2. The molecule has 1 unspecified atom stereocenters. The maximum absolute atomic E-state index is 3.65. The Labute approximate surface area is 136 Å². The number of anilines is 1. The van der Waals surface area contributed by atoms with E-state index < -0.39 is 0 Å². The molecule has 0 spiro atoms. The molecule has 0 aromatic heterocycles. The van der Waals surface area contributed by atoms with Gasteiger partial charge in [0.2, 0.25) is 0 Å². The van der Waals surface area contributed by atoms with Crippen molar-refractivity contribution in [3.63, 3.8) is 0 Å². The molecule has 1 atom stereocenters. The average Bonchev–Trinajstić information content (AvgIpc) is 3.31. The highest BCUT2D eigenvalue weighted by Crippen LogP contribution is 2.29. The number of hydrogen-bond donors (Lipinski definition) is 1. The third-order valence-electron chi connectivity index (χ3n) is 4.79. The summed E-state index contributed by atoms with van der Waals surface area (Å²) in [5.74, 6) is 0. The molecule has 0 bridgehead atoms. The minimum atomic E-state index is 0.668. The van der Waals surface area contributed by atoms with E-state index >= 15 is 0 Å². The largest absolute Gasteiger partial charge is 0.368 e. The van der Waals surface area contributed by atoms with Crippen molar-refractivity contribution in [1.82, 2.24) is 10.2 Å². The van der Waals surface area contributed by atoms with Crippen molar-refractivity contribution in [3.05, 3.63) is 28.2 Å². The van der Waals surface area contributed by atoms with Crippen LogP contribution in [0, 0.1) is 0 Å². The van der Waals surface area contributed by atoms with Crippen LogP contribution in [0.4, 0.5) is 5.69 Å². The molecule has 1 saturated heterocycles. The number of benzene rings is 1. The number of hydrogen-bond acceptors (Lipinski definition) is 3. The lowest BCUT2D eigenvalue weighted by Gasteiger charge is -2.41. The molecule has 1 N–H and O–H groups in total. The number of piperazine rings is 1. The molecule has 1 saturated carbocycles. The van der Waals surface area contributed by atoms with Crippen molar-refractivity contribution in [3.8, 4) is 0 Å². The van der Waals surface area contributed by atoms with Crippen LogP contribution in [-0.4, -0.2) is 43.7 Å². The van der Waals surface area contributed by atoms with Gasteiger partial charge in [-0.1, -0.05) is 28.9 Å². The molecule has 1 heterocycles. The quantitative estimate of drug-likeness (QED) is 0.878. The predicted molar refractivity (Wildman–Crippen MR) is 92.9 cm³/mol. The van der Waals surface area contributed by atoms with Gasteiger partial charge in [-0.05, 0) is 44.0 Å². The number of likely N-dealkylation sites (N-methyl/N-ethyl adjacent to an activating group) is 1. The molecular formula is C17H26BrN3. The molecule has 3 nitrogen and oxygen atoms in total. The molecule has 1 aromatic rings. The zero-order valence-corrected chi connectivity index (χ0v) is 14.7. The summed E-state index contributed by atoms with van der Waals surface area (Å²) in [5, 5.41) is 3.65. The van der Waals surface area contributed by atoms with Gasteiger partial charge in [-0.25, -0.2) is 0 Å². The lowest BCUT2D eigenvalue weighted by molar-refractivity contribution is 0.213. The monoisotopic (exact) mass is 351 g/mol. The summed E-state index contributed by atoms with van der Waals surface area (Å²) in [7, 11) is 2.25. The first-order valence-electron chi connectivity index (χ1n) is 8.14. The fourth-order valence-corrected chi connectivity index (χ4v) is 3.48. The topological polar surface area (TPSA) is 18.5 Å². The van der Waals surface area contributed by atoms with E-state index in [0.29, 0.717) is 6.04 Å². The molecule has 2 aliphatic rings. The van der Waals surface area contributed by atoms with Gasteiger partial charge in [0, 0.05) is 48.4 Å². The third kappa shape index (κ3) is 3.79. The molecule has 3 rings (SSSR count). The molecular weight excluding hydrogens is 326 g/mol. The van der Waals surface area contributed by atoms with Crippen LogP contribution in [0.2, 0.25) is 0 Å². The second kappa shape index (κ2) is 6.67. The van der Waals surface area contributed by atoms with Crippen LogP contribution in [0.1, 0.15) is 31.7 Å². The second-order valence-corrected chi connectivity index (χ2v) is 7.33. The van der Waals surface area contributed by atoms with Gasteiger partial charge in [0.1, 0.15) is 0 Å². The van der Waals surface area contributed by atoms with Crippen molar-refractivity contribution >= 4 is 21.6 Å². The summed E-state index contributed by atoms with van der Waals surface area (Å²) >= 11 is 3.64. The summed E-state index contributed by atoms with van der Waals surface area (Å²) < 4.78 is 1.18. The first-order valence-corrected chi connectivity index (χ1v) is 8.93. The highest BCUT2D eigenvalue weighted by Gasteiger charge is 2.25. The summed E-state index contributed by atoms with van der Waals surface area (Å²) in [5.41, 5.74) is 2.84. The van der Waals surface area contributed by atoms with Gasteiger partial charge in [0.15, 0.2) is 0 Å². The minimum absolute atomic E-state index is 0.668. The molecule has 0 radical (unpaired) electrons. The molecule has 1 aliphatic heterocycles. The van der Waals surface area contributed by atoms with Gasteiger partial charge >= 0.3 is 0 Å². The van der Waals surface area contributed by atoms with Crippen LogP contribution in [0.3, 0.4) is 0 Å². The van der Waals surface area contributed by atoms with Gasteiger partial charge in [-0.2, -0.15) is 0 Å². The Kier molecular flexibility index (Phi) is 4.87. The van der Waals surface area contributed by atoms with Gasteiger partial charge in [-0.3, -0.25) is 4.90 Å². The highest BCUT2D eigenvalue weighted by atomic mass is 79.9. The Balaban J connectivity index is 1.76. The van der Waals surface area contributed by atoms with Crippen molar-refractivity contribution in [2.24, 2.45) is 0 Å². The van der Waals surface area contributed by atoms with Crippen molar-refractivity contribution in [1.29, 1.82) is 0 Å². The second-order valence-electron chi connectivity index (χ2n) is 6.42. The molecule has 4 heteroatoms. The number of rotatable bonds is 5. The summed E-state index contributed by atoms with van der Waals surface area (Å²) in [6, 6.07) is 8.16. The van der Waals surface area contributed by atoms with E-state index in [4.69, 9.17) is 0 Å². The zero-order valence-electron chi connectivity index (χ0n) is 13.1. The van der Waals surface area contributed by atoms with Crippen molar-refractivity contribution < 1.29 is 0 Å². The van der Waals surface area contributed by atoms with Crippen LogP contribution < -0.4 is 10.2 Å². The van der Waals surface area contributed by atoms with E-state index in [2.05, 4.69) is 63.2 Å². The van der Waals surface area contributed by atoms with Crippen LogP contribution in [0.5, 0.6) is 0 Å². The molecule has 1 aromatic carbocycles.